The molecular formula is C16H22F3N. The summed E-state index contributed by atoms with van der Waals surface area (Å²) in [6.45, 7) is 2.02. The fraction of sp³-hybridized carbons (Fsp3) is 0.625. The number of halogens is 3. The van der Waals surface area contributed by atoms with Crippen LogP contribution in [0.5, 0.6) is 0 Å². The van der Waals surface area contributed by atoms with E-state index in [2.05, 4.69) is 5.32 Å². The predicted molar refractivity (Wildman–Crippen MR) is 74.5 cm³/mol. The van der Waals surface area contributed by atoms with Crippen molar-refractivity contribution in [2.75, 3.05) is 7.05 Å². The minimum atomic E-state index is -4.05. The van der Waals surface area contributed by atoms with E-state index in [-0.39, 0.29) is 24.8 Å². The molecule has 0 aliphatic heterocycles. The third-order valence-corrected chi connectivity index (χ3v) is 4.48. The first-order chi connectivity index (χ1) is 9.43. The quantitative estimate of drug-likeness (QED) is 0.854. The van der Waals surface area contributed by atoms with Crippen molar-refractivity contribution in [3.05, 3.63) is 35.4 Å². The van der Waals surface area contributed by atoms with Gasteiger partial charge in [0.2, 0.25) is 0 Å². The number of hydrogen-bond acceptors (Lipinski definition) is 1. The third-order valence-electron chi connectivity index (χ3n) is 4.48. The smallest absolute Gasteiger partial charge is 0.313 e. The van der Waals surface area contributed by atoms with Crippen molar-refractivity contribution in [3.63, 3.8) is 0 Å². The van der Waals surface area contributed by atoms with Gasteiger partial charge in [-0.1, -0.05) is 30.7 Å². The van der Waals surface area contributed by atoms with Gasteiger partial charge in [0.1, 0.15) is 0 Å². The largest absolute Gasteiger partial charge is 0.391 e. The average Bonchev–Trinajstić information content (AvgIpc) is 2.41. The maximum atomic E-state index is 12.9. The molecule has 1 nitrogen and oxygen atoms in total. The third kappa shape index (κ3) is 3.35. The van der Waals surface area contributed by atoms with E-state index < -0.39 is 12.1 Å². The Hall–Kier alpha value is -1.03. The van der Waals surface area contributed by atoms with Crippen molar-refractivity contribution in [2.24, 2.45) is 11.8 Å². The molecule has 0 aromatic heterocycles. The van der Waals surface area contributed by atoms with Gasteiger partial charge in [-0.2, -0.15) is 13.2 Å². The summed E-state index contributed by atoms with van der Waals surface area (Å²) in [6, 6.07) is 7.97. The molecule has 2 rings (SSSR count). The molecule has 0 heterocycles. The molecule has 3 unspecified atom stereocenters. The summed E-state index contributed by atoms with van der Waals surface area (Å²) in [5.41, 5.74) is 2.27. The van der Waals surface area contributed by atoms with Crippen molar-refractivity contribution in [3.8, 4) is 0 Å². The van der Waals surface area contributed by atoms with Gasteiger partial charge in [0.15, 0.2) is 0 Å². The number of hydrogen-bond donors (Lipinski definition) is 1. The van der Waals surface area contributed by atoms with Crippen LogP contribution in [0.3, 0.4) is 0 Å². The van der Waals surface area contributed by atoms with Crippen LogP contribution in [0.2, 0.25) is 0 Å². The van der Waals surface area contributed by atoms with Gasteiger partial charge >= 0.3 is 6.18 Å². The summed E-state index contributed by atoms with van der Waals surface area (Å²) >= 11 is 0. The highest BCUT2D eigenvalue weighted by Gasteiger charge is 2.43. The molecule has 0 saturated heterocycles. The maximum absolute atomic E-state index is 12.9. The van der Waals surface area contributed by atoms with Gasteiger partial charge in [-0.05, 0) is 50.3 Å². The number of nitrogens with one attached hydrogen (secondary N) is 1. The zero-order valence-electron chi connectivity index (χ0n) is 12.0. The van der Waals surface area contributed by atoms with Crippen LogP contribution in [0.1, 0.15) is 42.9 Å². The normalized spacial score (nSPS) is 25.4. The lowest BCUT2D eigenvalue weighted by Crippen LogP contribution is -2.34. The highest BCUT2D eigenvalue weighted by molar-refractivity contribution is 5.29. The van der Waals surface area contributed by atoms with Crippen LogP contribution in [-0.4, -0.2) is 13.2 Å². The second-order valence-electron chi connectivity index (χ2n) is 5.79. The van der Waals surface area contributed by atoms with Gasteiger partial charge < -0.3 is 5.32 Å². The summed E-state index contributed by atoms with van der Waals surface area (Å²) in [5.74, 6) is -1.08. The number of rotatable bonds is 3. The molecule has 1 fully saturated rings. The Bertz CT molecular complexity index is 442. The molecular weight excluding hydrogens is 263 g/mol. The van der Waals surface area contributed by atoms with Crippen LogP contribution < -0.4 is 5.32 Å². The van der Waals surface area contributed by atoms with Gasteiger partial charge in [0.25, 0.3) is 0 Å². The van der Waals surface area contributed by atoms with E-state index in [1.54, 1.807) is 0 Å². The Balaban J connectivity index is 2.18. The lowest BCUT2D eigenvalue weighted by Gasteiger charge is -2.36. The lowest BCUT2D eigenvalue weighted by atomic mass is 9.75. The van der Waals surface area contributed by atoms with Crippen LogP contribution >= 0.6 is 0 Å². The van der Waals surface area contributed by atoms with Crippen molar-refractivity contribution < 1.29 is 13.2 Å². The zero-order valence-corrected chi connectivity index (χ0v) is 12.0. The highest BCUT2D eigenvalue weighted by Crippen LogP contribution is 2.44. The molecule has 1 N–H and O–H groups in total. The Morgan fingerprint density at radius 3 is 2.50 bits per heavy atom. The minimum Gasteiger partial charge on any atom is -0.313 e. The van der Waals surface area contributed by atoms with Gasteiger partial charge in [-0.15, -0.1) is 0 Å². The molecule has 1 aromatic carbocycles. The Morgan fingerprint density at radius 1 is 1.20 bits per heavy atom. The molecule has 1 aromatic rings. The average molecular weight is 285 g/mol. The SMILES string of the molecule is CNC(c1ccccc1C)C1CCCC(C(F)(F)F)C1. The van der Waals surface area contributed by atoms with Crippen LogP contribution in [0, 0.1) is 18.8 Å². The molecule has 0 amide bonds. The minimum absolute atomic E-state index is 0.0151. The predicted octanol–water partition coefficient (Wildman–Crippen LogP) is 4.62. The second kappa shape index (κ2) is 6.17. The molecule has 1 aliphatic rings. The molecule has 0 bridgehead atoms. The van der Waals surface area contributed by atoms with E-state index in [0.717, 1.165) is 17.5 Å². The summed E-state index contributed by atoms with van der Waals surface area (Å²) in [4.78, 5) is 0. The van der Waals surface area contributed by atoms with E-state index in [0.29, 0.717) is 6.42 Å². The maximum Gasteiger partial charge on any atom is 0.391 e. The van der Waals surface area contributed by atoms with Crippen molar-refractivity contribution in [2.45, 2.75) is 44.8 Å². The molecule has 1 saturated carbocycles. The Labute approximate surface area is 118 Å². The van der Waals surface area contributed by atoms with Crippen LogP contribution in [-0.2, 0) is 0 Å². The van der Waals surface area contributed by atoms with Gasteiger partial charge in [-0.3, -0.25) is 0 Å². The fourth-order valence-electron chi connectivity index (χ4n) is 3.41. The highest BCUT2D eigenvalue weighted by atomic mass is 19.4. The summed E-state index contributed by atoms with van der Waals surface area (Å²) in [6.07, 6.45) is -2.00. The van der Waals surface area contributed by atoms with Crippen molar-refractivity contribution in [1.29, 1.82) is 0 Å². The Morgan fingerprint density at radius 2 is 1.90 bits per heavy atom. The topological polar surface area (TPSA) is 12.0 Å². The van der Waals surface area contributed by atoms with Crippen LogP contribution in [0.15, 0.2) is 24.3 Å². The van der Waals surface area contributed by atoms with Crippen molar-refractivity contribution >= 4 is 0 Å². The molecule has 1 aliphatic carbocycles. The molecule has 0 radical (unpaired) electrons. The number of aryl methyl sites for hydroxylation is 1. The van der Waals surface area contributed by atoms with Gasteiger partial charge in [-0.25, -0.2) is 0 Å². The van der Waals surface area contributed by atoms with E-state index in [1.165, 1.54) is 0 Å². The zero-order chi connectivity index (χ0) is 14.8. The summed E-state index contributed by atoms with van der Waals surface area (Å²) in [5, 5.41) is 3.23. The van der Waals surface area contributed by atoms with E-state index in [4.69, 9.17) is 0 Å². The van der Waals surface area contributed by atoms with E-state index in [1.807, 2.05) is 38.2 Å². The molecule has 4 heteroatoms. The summed E-state index contributed by atoms with van der Waals surface area (Å²) in [7, 11) is 1.84. The first kappa shape index (κ1) is 15.4. The monoisotopic (exact) mass is 285 g/mol. The van der Waals surface area contributed by atoms with E-state index >= 15 is 0 Å². The lowest BCUT2D eigenvalue weighted by molar-refractivity contribution is -0.186. The summed E-state index contributed by atoms with van der Waals surface area (Å²) < 4.78 is 38.8. The van der Waals surface area contributed by atoms with Crippen LogP contribution in [0.25, 0.3) is 0 Å². The van der Waals surface area contributed by atoms with Gasteiger partial charge in [0.05, 0.1) is 5.92 Å². The van der Waals surface area contributed by atoms with Crippen molar-refractivity contribution in [1.82, 2.24) is 5.32 Å². The second-order valence-corrected chi connectivity index (χ2v) is 5.79. The first-order valence-electron chi connectivity index (χ1n) is 7.23. The molecule has 112 valence electrons. The van der Waals surface area contributed by atoms with E-state index in [9.17, 15) is 13.2 Å². The number of alkyl halides is 3. The number of benzene rings is 1. The molecule has 3 atom stereocenters. The van der Waals surface area contributed by atoms with Crippen LogP contribution in [0.4, 0.5) is 13.2 Å². The Kier molecular flexibility index (Phi) is 4.74. The van der Waals surface area contributed by atoms with Gasteiger partial charge in [0, 0.05) is 6.04 Å². The fourth-order valence-corrected chi connectivity index (χ4v) is 3.41. The standard InChI is InChI=1S/C16H22F3N/c1-11-6-3-4-9-14(11)15(20-2)12-7-5-8-13(10-12)16(17,18)19/h3-4,6,9,12-13,15,20H,5,7-8,10H2,1-2H3. The first-order valence-corrected chi connectivity index (χ1v) is 7.23. The molecule has 0 spiro atoms. The molecule has 20 heavy (non-hydrogen) atoms.